The van der Waals surface area contributed by atoms with E-state index in [1.807, 2.05) is 0 Å². The van der Waals surface area contributed by atoms with Crippen molar-refractivity contribution in [1.29, 1.82) is 0 Å². The van der Waals surface area contributed by atoms with Crippen molar-refractivity contribution in [2.24, 2.45) is 0 Å². The van der Waals surface area contributed by atoms with Gasteiger partial charge in [-0.05, 0) is 0 Å². The summed E-state index contributed by atoms with van der Waals surface area (Å²) < 4.78 is 0. The molecule has 6 heavy (non-hydrogen) atoms. The third-order valence-electron chi connectivity index (χ3n) is 0. The molecule has 0 aromatic heterocycles. The average molecular weight is 148 g/mol. The first-order valence-electron chi connectivity index (χ1n) is 1.41. The zero-order chi connectivity index (χ0) is 4.00. The molecule has 0 spiro atoms. The van der Waals surface area contributed by atoms with Crippen molar-refractivity contribution in [3.63, 3.8) is 0 Å². The van der Waals surface area contributed by atoms with Gasteiger partial charge in [-0.1, -0.05) is 0 Å². The van der Waals surface area contributed by atoms with Gasteiger partial charge in [0.2, 0.25) is 0 Å². The van der Waals surface area contributed by atoms with Gasteiger partial charge in [0.05, 0.1) is 0 Å². The molecule has 0 aliphatic rings. The molecular weight excluding hydrogens is 136 g/mol. The number of hydrogen-bond donors (Lipinski definition) is 0. The molecule has 0 bridgehead atoms. The van der Waals surface area contributed by atoms with E-state index >= 15 is 0 Å². The van der Waals surface area contributed by atoms with E-state index in [1.54, 1.807) is 13.8 Å². The van der Waals surface area contributed by atoms with E-state index in [2.05, 4.69) is 13.8 Å². The molecule has 0 saturated heterocycles. The van der Waals surface area contributed by atoms with Crippen LogP contribution in [-0.2, 0) is 17.1 Å². The van der Waals surface area contributed by atoms with Crippen molar-refractivity contribution in [2.45, 2.75) is 13.8 Å². The Morgan fingerprint density at radius 2 is 1.00 bits per heavy atom. The Morgan fingerprint density at radius 3 is 1.00 bits per heavy atom. The molecule has 2 heteroatoms. The molecule has 0 heterocycles. The van der Waals surface area contributed by atoms with Gasteiger partial charge in [0, 0.05) is 0 Å². The fourth-order valence-corrected chi connectivity index (χ4v) is 0. The molecule has 0 saturated carbocycles. The van der Waals surface area contributed by atoms with E-state index in [0.717, 1.165) is 0 Å². The largest absolute Gasteiger partial charge is 2.00 e. The van der Waals surface area contributed by atoms with Crippen molar-refractivity contribution in [1.82, 2.24) is 0 Å². The summed E-state index contributed by atoms with van der Waals surface area (Å²) in [6.45, 7) is 10.0. The second kappa shape index (κ2) is 106. The summed E-state index contributed by atoms with van der Waals surface area (Å²) in [5.41, 5.74) is 0. The van der Waals surface area contributed by atoms with Crippen molar-refractivity contribution in [2.75, 3.05) is 0 Å². The first kappa shape index (κ1) is 26.7. The van der Waals surface area contributed by atoms with Crippen molar-refractivity contribution < 1.29 is 19.9 Å². The first-order chi connectivity index (χ1) is 2.00. The summed E-state index contributed by atoms with van der Waals surface area (Å²) in [5, 5.41) is 0. The molecule has 0 aromatic rings. The van der Waals surface area contributed by atoms with Crippen LogP contribution in [0.3, 0.4) is 0 Å². The molecule has 0 amide bonds. The van der Waals surface area contributed by atoms with Gasteiger partial charge in [0.25, 0.3) is 0 Å². The summed E-state index contributed by atoms with van der Waals surface area (Å²) in [7, 11) is 0. The SMILES string of the molecule is [CH2-]C.[CH2-]C.[Cu+2].[H-].[H-].[Mg+2]. The predicted molar refractivity (Wildman–Crippen MR) is 30.0 cm³/mol. The Morgan fingerprint density at radius 1 is 1.00 bits per heavy atom. The summed E-state index contributed by atoms with van der Waals surface area (Å²) in [5.74, 6) is 0. The van der Waals surface area contributed by atoms with Crippen molar-refractivity contribution in [3.8, 4) is 0 Å². The Hall–Kier alpha value is 1.29. The van der Waals surface area contributed by atoms with Crippen LogP contribution < -0.4 is 0 Å². The van der Waals surface area contributed by atoms with Gasteiger partial charge in [0.15, 0.2) is 0 Å². The summed E-state index contributed by atoms with van der Waals surface area (Å²) in [6, 6.07) is 0. The van der Waals surface area contributed by atoms with Crippen LogP contribution in [0.25, 0.3) is 0 Å². The smallest absolute Gasteiger partial charge is 1.00 e. The molecule has 0 N–H and O–H groups in total. The Balaban J connectivity index is -0.00000000167. The van der Waals surface area contributed by atoms with Crippen LogP contribution in [0.15, 0.2) is 0 Å². The van der Waals surface area contributed by atoms with E-state index in [-0.39, 0.29) is 43.0 Å². The van der Waals surface area contributed by atoms with Crippen LogP contribution in [0.1, 0.15) is 16.7 Å². The van der Waals surface area contributed by atoms with E-state index in [0.29, 0.717) is 0 Å². The van der Waals surface area contributed by atoms with E-state index in [1.165, 1.54) is 0 Å². The van der Waals surface area contributed by atoms with Crippen LogP contribution in [0, 0.1) is 13.8 Å². The maximum atomic E-state index is 3.25. The third-order valence-corrected chi connectivity index (χ3v) is 0. The number of hydrogen-bond acceptors (Lipinski definition) is 0. The second-order valence-electron chi connectivity index (χ2n) is 0. The normalized spacial score (nSPS) is 2.00. The van der Waals surface area contributed by atoms with Crippen LogP contribution in [0.2, 0.25) is 0 Å². The predicted octanol–water partition coefficient (Wildman–Crippen LogP) is 1.52. The molecule has 0 aliphatic carbocycles. The molecule has 0 nitrogen and oxygen atoms in total. The van der Waals surface area contributed by atoms with Crippen LogP contribution >= 0.6 is 0 Å². The Labute approximate surface area is 70.7 Å². The standard InChI is InChI=1S/2C2H5.Cu.Mg.2H/c2*1-2;;;;/h2*1H2,2H3;;;;/q2*-1;2*+2;2*-1. The van der Waals surface area contributed by atoms with Gasteiger partial charge in [0.1, 0.15) is 0 Å². The van der Waals surface area contributed by atoms with Crippen LogP contribution in [-0.4, -0.2) is 23.1 Å². The van der Waals surface area contributed by atoms with Crippen LogP contribution in [0.4, 0.5) is 0 Å². The molecule has 0 unspecified atom stereocenters. The average Bonchev–Trinajstić information content (AvgIpc) is 1.50. The van der Waals surface area contributed by atoms with Crippen molar-refractivity contribution in [3.05, 3.63) is 13.8 Å². The van der Waals surface area contributed by atoms with Gasteiger partial charge in [-0.3, -0.25) is 0 Å². The molecule has 1 radical (unpaired) electrons. The fourth-order valence-electron chi connectivity index (χ4n) is 0. The maximum Gasteiger partial charge on any atom is 2.00 e. The molecule has 0 fully saturated rings. The summed E-state index contributed by atoms with van der Waals surface area (Å²) in [4.78, 5) is 0. The quantitative estimate of drug-likeness (QED) is 0.361. The minimum absolute atomic E-state index is 0. The van der Waals surface area contributed by atoms with Gasteiger partial charge < -0.3 is 16.7 Å². The molecule has 41 valence electrons. The minimum atomic E-state index is 0. The topological polar surface area (TPSA) is 0 Å². The molecular formula is C4H12CuMg. The fraction of sp³-hybridized carbons (Fsp3) is 0.500. The zero-order valence-electron chi connectivity index (χ0n) is 6.42. The van der Waals surface area contributed by atoms with Crippen molar-refractivity contribution >= 4 is 23.1 Å². The van der Waals surface area contributed by atoms with Gasteiger partial charge in [-0.2, -0.15) is 13.8 Å². The second-order valence-corrected chi connectivity index (χ2v) is 0. The van der Waals surface area contributed by atoms with Gasteiger partial charge >= 0.3 is 40.1 Å². The van der Waals surface area contributed by atoms with E-state index in [9.17, 15) is 0 Å². The monoisotopic (exact) mass is 147 g/mol. The first-order valence-corrected chi connectivity index (χ1v) is 1.41. The molecule has 0 aliphatic heterocycles. The third kappa shape index (κ3) is 58.7. The van der Waals surface area contributed by atoms with E-state index in [4.69, 9.17) is 0 Å². The maximum absolute atomic E-state index is 3.25. The van der Waals surface area contributed by atoms with Gasteiger partial charge in [-0.15, -0.1) is 0 Å². The minimum Gasteiger partial charge on any atom is -1.00 e. The molecule has 0 aromatic carbocycles. The Bertz CT molecular complexity index is 14.0. The number of rotatable bonds is 0. The molecule has 0 rings (SSSR count). The van der Waals surface area contributed by atoms with Gasteiger partial charge in [-0.25, -0.2) is 0 Å². The molecule has 0 atom stereocenters. The summed E-state index contributed by atoms with van der Waals surface area (Å²) in [6.07, 6.45) is 0. The van der Waals surface area contributed by atoms with Crippen LogP contribution in [0.5, 0.6) is 0 Å². The summed E-state index contributed by atoms with van der Waals surface area (Å²) >= 11 is 0. The zero-order valence-corrected chi connectivity index (χ0v) is 6.78. The van der Waals surface area contributed by atoms with E-state index < -0.39 is 0 Å². The Kier molecular flexibility index (Phi) is 472.